The van der Waals surface area contributed by atoms with Crippen LogP contribution in [0.1, 0.15) is 22.8 Å². The van der Waals surface area contributed by atoms with Crippen LogP contribution in [0.25, 0.3) is 11.4 Å². The van der Waals surface area contributed by atoms with Crippen molar-refractivity contribution in [3.63, 3.8) is 0 Å². The molecule has 0 atom stereocenters. The number of aromatic nitrogens is 3. The molecule has 1 aromatic heterocycles. The van der Waals surface area contributed by atoms with Gasteiger partial charge < -0.3 is 9.67 Å². The number of rotatable bonds is 6. The van der Waals surface area contributed by atoms with Crippen molar-refractivity contribution in [1.29, 1.82) is 0 Å². The van der Waals surface area contributed by atoms with Gasteiger partial charge in [-0.25, -0.2) is 4.79 Å². The zero-order valence-corrected chi connectivity index (χ0v) is 15.4. The van der Waals surface area contributed by atoms with Gasteiger partial charge in [-0.05, 0) is 31.7 Å². The predicted molar refractivity (Wildman–Crippen MR) is 100 cm³/mol. The van der Waals surface area contributed by atoms with E-state index in [1.54, 1.807) is 4.57 Å². The van der Waals surface area contributed by atoms with Gasteiger partial charge in [-0.15, -0.1) is 10.2 Å². The maximum Gasteiger partial charge on any atom is 0.337 e. The van der Waals surface area contributed by atoms with Gasteiger partial charge in [0, 0.05) is 18.2 Å². The minimum absolute atomic E-state index is 0.0348. The van der Waals surface area contributed by atoms with E-state index < -0.39 is 10.9 Å². The molecule has 0 aliphatic carbocycles. The Kier molecular flexibility index (Phi) is 5.22. The molecule has 0 radical (unpaired) electrons. The molecule has 3 aromatic rings. The van der Waals surface area contributed by atoms with Gasteiger partial charge in [-0.1, -0.05) is 35.9 Å². The van der Waals surface area contributed by atoms with Crippen molar-refractivity contribution >= 4 is 23.4 Å². The largest absolute Gasteiger partial charge is 0.478 e. The third kappa shape index (κ3) is 3.68. The molecule has 1 heterocycles. The van der Waals surface area contributed by atoms with Crippen molar-refractivity contribution in [1.82, 2.24) is 14.8 Å². The fraction of sp³-hybridized carbons (Fsp3) is 0.167. The van der Waals surface area contributed by atoms with Crippen LogP contribution >= 0.6 is 11.8 Å². The first-order chi connectivity index (χ1) is 12.9. The van der Waals surface area contributed by atoms with Crippen molar-refractivity contribution in [3.8, 4) is 11.4 Å². The summed E-state index contributed by atoms with van der Waals surface area (Å²) in [4.78, 5) is 22.3. The Morgan fingerprint density at radius 2 is 1.93 bits per heavy atom. The summed E-state index contributed by atoms with van der Waals surface area (Å²) in [5.74, 6) is -0.613. The van der Waals surface area contributed by atoms with E-state index in [-0.39, 0.29) is 16.1 Å². The molecule has 138 valence electrons. The lowest BCUT2D eigenvalue weighted by Gasteiger charge is -2.09. The minimum atomic E-state index is -1.23. The average Bonchev–Trinajstić information content (AvgIpc) is 3.04. The van der Waals surface area contributed by atoms with Crippen molar-refractivity contribution in [2.45, 2.75) is 30.4 Å². The van der Waals surface area contributed by atoms with Crippen LogP contribution in [0.15, 0.2) is 52.5 Å². The molecule has 0 aliphatic rings. The first-order valence-corrected chi connectivity index (χ1v) is 8.92. The fourth-order valence-corrected chi connectivity index (χ4v) is 3.70. The van der Waals surface area contributed by atoms with Crippen LogP contribution in [-0.2, 0) is 6.54 Å². The third-order valence-corrected chi connectivity index (χ3v) is 5.08. The molecular weight excluding hydrogens is 368 g/mol. The maximum atomic E-state index is 11.5. The molecule has 27 heavy (non-hydrogen) atoms. The van der Waals surface area contributed by atoms with E-state index in [1.165, 1.54) is 18.2 Å². The number of nitro groups is 1. The zero-order chi connectivity index (χ0) is 19.6. The first-order valence-electron chi connectivity index (χ1n) is 8.11. The number of nitro benzene ring substituents is 1. The molecule has 0 bridgehead atoms. The summed E-state index contributed by atoms with van der Waals surface area (Å²) < 4.78 is 1.80. The highest BCUT2D eigenvalue weighted by Gasteiger charge is 2.25. The molecular formula is C18H16N4O4S. The molecule has 0 saturated carbocycles. The smallest absolute Gasteiger partial charge is 0.337 e. The van der Waals surface area contributed by atoms with E-state index in [2.05, 4.69) is 10.2 Å². The SMILES string of the molecule is CCn1c(Sc2c(C(=O)O)cccc2[N+](=O)[O-])nnc1-c1ccc(C)cc1. The van der Waals surface area contributed by atoms with Crippen LogP contribution in [0.3, 0.4) is 0 Å². The molecule has 0 fully saturated rings. The van der Waals surface area contributed by atoms with E-state index in [0.29, 0.717) is 17.5 Å². The van der Waals surface area contributed by atoms with E-state index in [9.17, 15) is 20.0 Å². The second-order valence-electron chi connectivity index (χ2n) is 5.73. The number of carbonyl (C=O) groups is 1. The van der Waals surface area contributed by atoms with Gasteiger partial charge in [0.2, 0.25) is 0 Å². The van der Waals surface area contributed by atoms with Gasteiger partial charge in [0.1, 0.15) is 4.90 Å². The number of nitrogens with zero attached hydrogens (tertiary/aromatic N) is 4. The normalized spacial score (nSPS) is 10.7. The van der Waals surface area contributed by atoms with Crippen LogP contribution in [-0.4, -0.2) is 30.8 Å². The minimum Gasteiger partial charge on any atom is -0.478 e. The van der Waals surface area contributed by atoms with Crippen LogP contribution in [0.4, 0.5) is 5.69 Å². The molecule has 3 rings (SSSR count). The Balaban J connectivity index is 2.08. The molecule has 1 N–H and O–H groups in total. The van der Waals surface area contributed by atoms with E-state index in [0.717, 1.165) is 22.9 Å². The lowest BCUT2D eigenvalue weighted by Crippen LogP contribution is -2.04. The molecule has 0 saturated heterocycles. The summed E-state index contributed by atoms with van der Waals surface area (Å²) in [5.41, 5.74) is 1.56. The Morgan fingerprint density at radius 1 is 1.22 bits per heavy atom. The number of hydrogen-bond donors (Lipinski definition) is 1. The van der Waals surface area contributed by atoms with E-state index in [4.69, 9.17) is 0 Å². The molecule has 0 unspecified atom stereocenters. The van der Waals surface area contributed by atoms with E-state index >= 15 is 0 Å². The van der Waals surface area contributed by atoms with E-state index in [1.807, 2.05) is 38.1 Å². The number of aryl methyl sites for hydroxylation is 1. The highest BCUT2D eigenvalue weighted by Crippen LogP contribution is 2.38. The lowest BCUT2D eigenvalue weighted by atomic mass is 10.1. The second kappa shape index (κ2) is 7.58. The summed E-state index contributed by atoms with van der Waals surface area (Å²) in [7, 11) is 0. The Morgan fingerprint density at radius 3 is 2.52 bits per heavy atom. The van der Waals surface area contributed by atoms with Gasteiger partial charge >= 0.3 is 5.97 Å². The fourth-order valence-electron chi connectivity index (χ4n) is 2.60. The average molecular weight is 384 g/mol. The van der Waals surface area contributed by atoms with Gasteiger partial charge in [-0.2, -0.15) is 0 Å². The molecule has 2 aromatic carbocycles. The van der Waals surface area contributed by atoms with Gasteiger partial charge in [-0.3, -0.25) is 10.1 Å². The summed E-state index contributed by atoms with van der Waals surface area (Å²) in [5, 5.41) is 29.5. The summed E-state index contributed by atoms with van der Waals surface area (Å²) in [6.07, 6.45) is 0. The molecule has 8 nitrogen and oxygen atoms in total. The Hall–Kier alpha value is -3.20. The van der Waals surface area contributed by atoms with Crippen LogP contribution in [0.5, 0.6) is 0 Å². The van der Waals surface area contributed by atoms with Gasteiger partial charge in [0.25, 0.3) is 5.69 Å². The van der Waals surface area contributed by atoms with Gasteiger partial charge in [0.15, 0.2) is 11.0 Å². The summed E-state index contributed by atoms with van der Waals surface area (Å²) in [6.45, 7) is 4.42. The molecule has 9 heteroatoms. The number of aromatic carboxylic acids is 1. The van der Waals surface area contributed by atoms with Crippen LogP contribution < -0.4 is 0 Å². The number of benzene rings is 2. The first kappa shape index (κ1) is 18.6. The number of hydrogen-bond acceptors (Lipinski definition) is 6. The predicted octanol–water partition coefficient (Wildman–Crippen LogP) is 4.03. The third-order valence-electron chi connectivity index (χ3n) is 3.96. The van der Waals surface area contributed by atoms with Crippen molar-refractivity contribution < 1.29 is 14.8 Å². The number of carboxylic acid groups (broad SMARTS) is 1. The molecule has 0 aliphatic heterocycles. The number of carboxylic acids is 1. The highest BCUT2D eigenvalue weighted by molar-refractivity contribution is 7.99. The van der Waals surface area contributed by atoms with Crippen LogP contribution in [0.2, 0.25) is 0 Å². The molecule has 0 spiro atoms. The highest BCUT2D eigenvalue weighted by atomic mass is 32.2. The standard InChI is InChI=1S/C18H16N4O4S/c1-3-21-16(12-9-7-11(2)8-10-12)19-20-18(21)27-15-13(17(23)24)5-4-6-14(15)22(25)26/h4-10H,3H2,1-2H3,(H,23,24). The van der Waals surface area contributed by atoms with Crippen molar-refractivity contribution in [2.24, 2.45) is 0 Å². The van der Waals surface area contributed by atoms with Crippen molar-refractivity contribution in [2.75, 3.05) is 0 Å². The Labute approximate surface area is 159 Å². The van der Waals surface area contributed by atoms with Crippen molar-refractivity contribution in [3.05, 3.63) is 63.7 Å². The van der Waals surface area contributed by atoms with Crippen LogP contribution in [0, 0.1) is 17.0 Å². The monoisotopic (exact) mass is 384 g/mol. The maximum absolute atomic E-state index is 11.5. The summed E-state index contributed by atoms with van der Waals surface area (Å²) >= 11 is 0.934. The zero-order valence-electron chi connectivity index (χ0n) is 14.6. The molecule has 0 amide bonds. The Bertz CT molecular complexity index is 982. The second-order valence-corrected chi connectivity index (χ2v) is 6.71. The summed E-state index contributed by atoms with van der Waals surface area (Å²) in [6, 6.07) is 11.7. The topological polar surface area (TPSA) is 111 Å². The lowest BCUT2D eigenvalue weighted by molar-refractivity contribution is -0.387. The van der Waals surface area contributed by atoms with Gasteiger partial charge in [0.05, 0.1) is 10.5 Å². The quantitative estimate of drug-likeness (QED) is 0.504.